The second-order valence-corrected chi connectivity index (χ2v) is 8.78. The number of aromatic nitrogens is 5. The van der Waals surface area contributed by atoms with E-state index in [-0.39, 0.29) is 12.0 Å². The summed E-state index contributed by atoms with van der Waals surface area (Å²) in [6, 6.07) is 13.3. The summed E-state index contributed by atoms with van der Waals surface area (Å²) >= 11 is 1.21. The zero-order valence-corrected chi connectivity index (χ0v) is 20.4. The Balaban J connectivity index is 1.49. The van der Waals surface area contributed by atoms with Crippen LogP contribution in [0.4, 0.5) is 5.13 Å². The minimum atomic E-state index is -0.389. The van der Waals surface area contributed by atoms with Crippen molar-refractivity contribution in [1.29, 1.82) is 0 Å². The zero-order valence-electron chi connectivity index (χ0n) is 19.6. The Bertz CT molecular complexity index is 1250. The molecule has 0 fully saturated rings. The first kappa shape index (κ1) is 24.2. The molecule has 1 N–H and O–H groups in total. The number of pyridine rings is 1. The number of nitrogens with zero attached hydrogens (tertiary/aromatic N) is 6. The molecule has 11 heteroatoms. The minimum Gasteiger partial charge on any atom is -0.491 e. The summed E-state index contributed by atoms with van der Waals surface area (Å²) in [6.45, 7) is 0.835. The molecule has 0 aliphatic heterocycles. The Morgan fingerprint density at radius 3 is 2.69 bits per heavy atom. The molecule has 3 heterocycles. The van der Waals surface area contributed by atoms with Gasteiger partial charge in [0.1, 0.15) is 18.1 Å². The lowest BCUT2D eigenvalue weighted by Crippen LogP contribution is -2.19. The van der Waals surface area contributed by atoms with E-state index in [0.717, 1.165) is 18.5 Å². The van der Waals surface area contributed by atoms with Crippen molar-refractivity contribution >= 4 is 22.4 Å². The van der Waals surface area contributed by atoms with Crippen LogP contribution in [0.3, 0.4) is 0 Å². The van der Waals surface area contributed by atoms with E-state index in [1.54, 1.807) is 18.3 Å². The molecule has 1 amide bonds. The Morgan fingerprint density at radius 1 is 1.14 bits per heavy atom. The molecule has 180 valence electrons. The number of anilines is 1. The fourth-order valence-corrected chi connectivity index (χ4v) is 3.94. The predicted octanol–water partition coefficient (Wildman–Crippen LogP) is 3.72. The van der Waals surface area contributed by atoms with E-state index in [4.69, 9.17) is 9.47 Å². The summed E-state index contributed by atoms with van der Waals surface area (Å²) in [6.07, 6.45) is 5.04. The van der Waals surface area contributed by atoms with Crippen LogP contribution in [0.2, 0.25) is 0 Å². The van der Waals surface area contributed by atoms with Crippen molar-refractivity contribution < 1.29 is 14.3 Å². The first-order valence-electron chi connectivity index (χ1n) is 10.8. The third kappa shape index (κ3) is 6.34. The lowest BCUT2D eigenvalue weighted by molar-refractivity contribution is 0.102. The van der Waals surface area contributed by atoms with E-state index >= 15 is 0 Å². The summed E-state index contributed by atoms with van der Waals surface area (Å²) in [7, 11) is 5.55. The summed E-state index contributed by atoms with van der Waals surface area (Å²) in [4.78, 5) is 27.3. The summed E-state index contributed by atoms with van der Waals surface area (Å²) in [5.41, 5.74) is 1.97. The molecule has 0 aliphatic rings. The second kappa shape index (κ2) is 11.4. The molecule has 1 aromatic carbocycles. The van der Waals surface area contributed by atoms with Gasteiger partial charge < -0.3 is 14.4 Å². The molecule has 0 bridgehead atoms. The van der Waals surface area contributed by atoms with Crippen LogP contribution in [0.1, 0.15) is 28.4 Å². The average molecular weight is 492 g/mol. The zero-order chi connectivity index (χ0) is 24.6. The SMILES string of the molecule is COc1cc(C(=O)Nc2nnc(-c3ccncn3)s2)cnc1O[C@@H](CCN(C)C)c1ccccc1. The van der Waals surface area contributed by atoms with Gasteiger partial charge in [0.15, 0.2) is 10.8 Å². The highest BCUT2D eigenvalue weighted by Crippen LogP contribution is 2.32. The van der Waals surface area contributed by atoms with Crippen molar-refractivity contribution in [1.82, 2.24) is 30.0 Å². The first-order chi connectivity index (χ1) is 17.0. The number of carbonyl (C=O) groups is 1. The van der Waals surface area contributed by atoms with Gasteiger partial charge in [-0.3, -0.25) is 10.1 Å². The van der Waals surface area contributed by atoms with Crippen LogP contribution in [0.25, 0.3) is 10.7 Å². The summed E-state index contributed by atoms with van der Waals surface area (Å²) in [5.74, 6) is 0.293. The smallest absolute Gasteiger partial charge is 0.259 e. The molecule has 0 aliphatic carbocycles. The standard InChI is InChI=1S/C24H25N7O3S/c1-31(2)12-10-19(16-7-5-4-6-8-16)34-22-20(33-3)13-17(14-26-22)21(32)28-24-30-29-23(35-24)18-9-11-25-15-27-18/h4-9,11,13-15,19H,10,12H2,1-3H3,(H,28,30,32)/t19-/m0/s1. The largest absolute Gasteiger partial charge is 0.491 e. The van der Waals surface area contributed by atoms with Crippen LogP contribution in [0, 0.1) is 0 Å². The molecule has 0 saturated heterocycles. The molecular weight excluding hydrogens is 466 g/mol. The van der Waals surface area contributed by atoms with E-state index in [1.165, 1.54) is 31.0 Å². The van der Waals surface area contributed by atoms with Gasteiger partial charge in [-0.15, -0.1) is 10.2 Å². The lowest BCUT2D eigenvalue weighted by atomic mass is 10.1. The molecule has 3 aromatic heterocycles. The van der Waals surface area contributed by atoms with Crippen LogP contribution < -0.4 is 14.8 Å². The number of hydrogen-bond donors (Lipinski definition) is 1. The molecule has 35 heavy (non-hydrogen) atoms. The van der Waals surface area contributed by atoms with Gasteiger partial charge in [0, 0.05) is 31.4 Å². The molecule has 0 radical (unpaired) electrons. The van der Waals surface area contributed by atoms with Gasteiger partial charge in [0.05, 0.1) is 12.7 Å². The monoisotopic (exact) mass is 491 g/mol. The molecule has 1 atom stereocenters. The van der Waals surface area contributed by atoms with Crippen LogP contribution in [-0.2, 0) is 0 Å². The average Bonchev–Trinajstić information content (AvgIpc) is 3.36. The predicted molar refractivity (Wildman–Crippen MR) is 133 cm³/mol. The van der Waals surface area contributed by atoms with Crippen molar-refractivity contribution in [2.24, 2.45) is 0 Å². The van der Waals surface area contributed by atoms with Gasteiger partial charge in [-0.25, -0.2) is 15.0 Å². The highest BCUT2D eigenvalue weighted by atomic mass is 32.1. The first-order valence-corrected chi connectivity index (χ1v) is 11.7. The van der Waals surface area contributed by atoms with Gasteiger partial charge >= 0.3 is 0 Å². The minimum absolute atomic E-state index is 0.221. The van der Waals surface area contributed by atoms with E-state index in [0.29, 0.717) is 33.0 Å². The normalized spacial score (nSPS) is 11.8. The Morgan fingerprint density at radius 2 is 1.97 bits per heavy atom. The van der Waals surface area contributed by atoms with E-state index in [9.17, 15) is 4.79 Å². The van der Waals surface area contributed by atoms with Crippen molar-refractivity contribution in [2.75, 3.05) is 33.1 Å². The molecule has 10 nitrogen and oxygen atoms in total. The third-order valence-corrected chi connectivity index (χ3v) is 5.87. The maximum Gasteiger partial charge on any atom is 0.259 e. The maximum absolute atomic E-state index is 12.8. The van der Waals surface area contributed by atoms with Crippen LogP contribution in [-0.4, -0.2) is 63.7 Å². The number of hydrogen-bond acceptors (Lipinski definition) is 10. The van der Waals surface area contributed by atoms with Crippen molar-refractivity contribution in [3.05, 3.63) is 72.3 Å². The molecule has 4 aromatic rings. The fourth-order valence-electron chi connectivity index (χ4n) is 3.23. The number of benzene rings is 1. The Labute approximate surface area is 207 Å². The molecule has 4 rings (SSSR count). The number of nitrogens with one attached hydrogen (secondary N) is 1. The Hall–Kier alpha value is -3.96. The third-order valence-electron chi connectivity index (χ3n) is 5.01. The number of ether oxygens (including phenoxy) is 2. The quantitative estimate of drug-likeness (QED) is 0.354. The van der Waals surface area contributed by atoms with E-state index < -0.39 is 0 Å². The number of amides is 1. The highest BCUT2D eigenvalue weighted by Gasteiger charge is 2.20. The van der Waals surface area contributed by atoms with Gasteiger partial charge in [-0.2, -0.15) is 0 Å². The van der Waals surface area contributed by atoms with Gasteiger partial charge in [0.2, 0.25) is 5.13 Å². The number of methoxy groups -OCH3 is 1. The summed E-state index contributed by atoms with van der Waals surface area (Å²) in [5, 5.41) is 11.8. The summed E-state index contributed by atoms with van der Waals surface area (Å²) < 4.78 is 11.7. The molecular formula is C24H25N7O3S. The van der Waals surface area contributed by atoms with E-state index in [1.807, 2.05) is 44.4 Å². The fraction of sp³-hybridized carbons (Fsp3) is 0.250. The molecule has 0 saturated carbocycles. The number of rotatable bonds is 10. The Kier molecular flexibility index (Phi) is 7.91. The lowest BCUT2D eigenvalue weighted by Gasteiger charge is -2.22. The highest BCUT2D eigenvalue weighted by molar-refractivity contribution is 7.18. The van der Waals surface area contributed by atoms with Crippen LogP contribution >= 0.6 is 11.3 Å². The van der Waals surface area contributed by atoms with Crippen molar-refractivity contribution in [3.8, 4) is 22.3 Å². The van der Waals surface area contributed by atoms with Crippen molar-refractivity contribution in [3.63, 3.8) is 0 Å². The molecule has 0 unspecified atom stereocenters. The van der Waals surface area contributed by atoms with Gasteiger partial charge in [0.25, 0.3) is 11.8 Å². The maximum atomic E-state index is 12.8. The van der Waals surface area contributed by atoms with Gasteiger partial charge in [-0.05, 0) is 25.7 Å². The van der Waals surface area contributed by atoms with Gasteiger partial charge in [-0.1, -0.05) is 41.7 Å². The second-order valence-electron chi connectivity index (χ2n) is 7.80. The van der Waals surface area contributed by atoms with Crippen molar-refractivity contribution in [2.45, 2.75) is 12.5 Å². The van der Waals surface area contributed by atoms with E-state index in [2.05, 4.69) is 35.4 Å². The van der Waals surface area contributed by atoms with Crippen LogP contribution in [0.5, 0.6) is 11.6 Å². The van der Waals surface area contributed by atoms with Crippen LogP contribution in [0.15, 0.2) is 61.2 Å². The number of carbonyl (C=O) groups excluding carboxylic acids is 1. The topological polar surface area (TPSA) is 115 Å². The molecule has 0 spiro atoms.